The Morgan fingerprint density at radius 3 is 2.76 bits per heavy atom. The van der Waals surface area contributed by atoms with Crippen LogP contribution < -0.4 is 15.4 Å². The molecule has 1 rings (SSSR count). The lowest BCUT2D eigenvalue weighted by atomic mass is 10.2. The molecule has 0 aliphatic rings. The molecule has 1 atom stereocenters. The van der Waals surface area contributed by atoms with Crippen LogP contribution in [0.3, 0.4) is 0 Å². The third-order valence-corrected chi connectivity index (χ3v) is 2.45. The molecule has 1 aromatic carbocycles. The standard InChI is InChI=1S/C13H20N2O2/c1-4-17-12-8-6-5-7-11(12)15-13(16)9-10(2)14-3/h5-8,10,14H,4,9H2,1-3H3,(H,15,16). The maximum absolute atomic E-state index is 11.7. The second-order valence-electron chi connectivity index (χ2n) is 3.87. The van der Waals surface area contributed by atoms with Gasteiger partial charge in [-0.2, -0.15) is 0 Å². The van der Waals surface area contributed by atoms with E-state index in [4.69, 9.17) is 4.74 Å². The molecule has 0 radical (unpaired) electrons. The van der Waals surface area contributed by atoms with E-state index in [0.717, 1.165) is 5.69 Å². The topological polar surface area (TPSA) is 50.4 Å². The highest BCUT2D eigenvalue weighted by Gasteiger charge is 2.09. The first-order valence-corrected chi connectivity index (χ1v) is 5.86. The Labute approximate surface area is 102 Å². The fourth-order valence-electron chi connectivity index (χ4n) is 1.43. The summed E-state index contributed by atoms with van der Waals surface area (Å²) in [6.45, 7) is 4.47. The molecule has 0 aliphatic heterocycles. The van der Waals surface area contributed by atoms with E-state index in [9.17, 15) is 4.79 Å². The number of anilines is 1. The van der Waals surface area contributed by atoms with Crippen LogP contribution in [0, 0.1) is 0 Å². The monoisotopic (exact) mass is 236 g/mol. The number of carbonyl (C=O) groups is 1. The van der Waals surface area contributed by atoms with Crippen molar-refractivity contribution < 1.29 is 9.53 Å². The number of ether oxygens (including phenoxy) is 1. The fraction of sp³-hybridized carbons (Fsp3) is 0.462. The van der Waals surface area contributed by atoms with Gasteiger partial charge in [0, 0.05) is 12.5 Å². The molecular weight excluding hydrogens is 216 g/mol. The highest BCUT2D eigenvalue weighted by atomic mass is 16.5. The third kappa shape index (κ3) is 4.44. The van der Waals surface area contributed by atoms with E-state index in [1.165, 1.54) is 0 Å². The molecule has 0 saturated carbocycles. The average Bonchev–Trinajstić information content (AvgIpc) is 2.31. The summed E-state index contributed by atoms with van der Waals surface area (Å²) in [5.74, 6) is 0.694. The van der Waals surface area contributed by atoms with Crippen molar-refractivity contribution >= 4 is 11.6 Å². The third-order valence-electron chi connectivity index (χ3n) is 2.45. The Morgan fingerprint density at radius 2 is 2.12 bits per heavy atom. The molecule has 0 bridgehead atoms. The number of rotatable bonds is 6. The van der Waals surface area contributed by atoms with Crippen molar-refractivity contribution in [1.82, 2.24) is 5.32 Å². The van der Waals surface area contributed by atoms with Crippen LogP contribution in [-0.4, -0.2) is 25.6 Å². The fourth-order valence-corrected chi connectivity index (χ4v) is 1.43. The van der Waals surface area contributed by atoms with Crippen molar-refractivity contribution in [3.8, 4) is 5.75 Å². The predicted molar refractivity (Wildman–Crippen MR) is 69.4 cm³/mol. The maximum atomic E-state index is 11.7. The van der Waals surface area contributed by atoms with Gasteiger partial charge in [0.15, 0.2) is 0 Å². The number of carbonyl (C=O) groups excluding carboxylic acids is 1. The minimum atomic E-state index is -0.0148. The number of hydrogen-bond donors (Lipinski definition) is 2. The van der Waals surface area contributed by atoms with Crippen molar-refractivity contribution in [1.29, 1.82) is 0 Å². The maximum Gasteiger partial charge on any atom is 0.226 e. The molecule has 0 heterocycles. The lowest BCUT2D eigenvalue weighted by molar-refractivity contribution is -0.116. The quantitative estimate of drug-likeness (QED) is 0.794. The van der Waals surface area contributed by atoms with Gasteiger partial charge in [0.2, 0.25) is 5.91 Å². The van der Waals surface area contributed by atoms with Crippen molar-refractivity contribution in [2.24, 2.45) is 0 Å². The van der Waals surface area contributed by atoms with Crippen LogP contribution in [0.5, 0.6) is 5.75 Å². The summed E-state index contributed by atoms with van der Waals surface area (Å²) in [5.41, 5.74) is 0.725. The van der Waals surface area contributed by atoms with Gasteiger partial charge in [-0.15, -0.1) is 0 Å². The summed E-state index contributed by atoms with van der Waals surface area (Å²) >= 11 is 0. The Kier molecular flexibility index (Phi) is 5.49. The molecule has 4 nitrogen and oxygen atoms in total. The SMILES string of the molecule is CCOc1ccccc1NC(=O)CC(C)NC. The molecule has 0 saturated heterocycles. The minimum absolute atomic E-state index is 0.0148. The van der Waals surface area contributed by atoms with Crippen LogP contribution in [0.15, 0.2) is 24.3 Å². The summed E-state index contributed by atoms with van der Waals surface area (Å²) in [7, 11) is 1.84. The van der Waals surface area contributed by atoms with Gasteiger partial charge in [0.1, 0.15) is 5.75 Å². The summed E-state index contributed by atoms with van der Waals surface area (Å²) in [5, 5.41) is 5.89. The zero-order chi connectivity index (χ0) is 12.7. The van der Waals surface area contributed by atoms with E-state index < -0.39 is 0 Å². The Balaban J connectivity index is 2.64. The number of para-hydroxylation sites is 2. The van der Waals surface area contributed by atoms with Gasteiger partial charge >= 0.3 is 0 Å². The molecule has 1 aromatic rings. The lowest BCUT2D eigenvalue weighted by Gasteiger charge is -2.13. The van der Waals surface area contributed by atoms with Crippen molar-refractivity contribution in [3.63, 3.8) is 0 Å². The lowest BCUT2D eigenvalue weighted by Crippen LogP contribution is -2.27. The Morgan fingerprint density at radius 1 is 1.41 bits per heavy atom. The van der Waals surface area contributed by atoms with Crippen LogP contribution in [-0.2, 0) is 4.79 Å². The van der Waals surface area contributed by atoms with Crippen LogP contribution in [0.1, 0.15) is 20.3 Å². The molecule has 17 heavy (non-hydrogen) atoms. The van der Waals surface area contributed by atoms with Crippen LogP contribution in [0.25, 0.3) is 0 Å². The Bertz CT molecular complexity index is 366. The first-order valence-electron chi connectivity index (χ1n) is 5.86. The van der Waals surface area contributed by atoms with Crippen molar-refractivity contribution in [2.75, 3.05) is 19.0 Å². The predicted octanol–water partition coefficient (Wildman–Crippen LogP) is 2.02. The number of amides is 1. The molecule has 0 aliphatic carbocycles. The van der Waals surface area contributed by atoms with Gasteiger partial charge in [0.25, 0.3) is 0 Å². The molecule has 4 heteroatoms. The minimum Gasteiger partial charge on any atom is -0.492 e. The van der Waals surface area contributed by atoms with E-state index in [1.807, 2.05) is 45.2 Å². The largest absolute Gasteiger partial charge is 0.492 e. The molecular formula is C13H20N2O2. The highest BCUT2D eigenvalue weighted by Crippen LogP contribution is 2.23. The van der Waals surface area contributed by atoms with Crippen molar-refractivity contribution in [3.05, 3.63) is 24.3 Å². The van der Waals surface area contributed by atoms with Gasteiger partial charge in [-0.3, -0.25) is 4.79 Å². The smallest absolute Gasteiger partial charge is 0.226 e. The summed E-state index contributed by atoms with van der Waals surface area (Å²) < 4.78 is 5.44. The van der Waals surface area contributed by atoms with Gasteiger partial charge in [0.05, 0.1) is 12.3 Å². The van der Waals surface area contributed by atoms with E-state index in [1.54, 1.807) is 0 Å². The summed E-state index contributed by atoms with van der Waals surface area (Å²) in [4.78, 5) is 11.7. The molecule has 1 amide bonds. The average molecular weight is 236 g/mol. The second-order valence-corrected chi connectivity index (χ2v) is 3.87. The van der Waals surface area contributed by atoms with Gasteiger partial charge in [-0.05, 0) is 33.0 Å². The molecule has 0 spiro atoms. The van der Waals surface area contributed by atoms with E-state index in [2.05, 4.69) is 10.6 Å². The number of hydrogen-bond acceptors (Lipinski definition) is 3. The zero-order valence-electron chi connectivity index (χ0n) is 10.6. The Hall–Kier alpha value is -1.55. The van der Waals surface area contributed by atoms with Crippen LogP contribution in [0.2, 0.25) is 0 Å². The number of benzene rings is 1. The van der Waals surface area contributed by atoms with Crippen LogP contribution >= 0.6 is 0 Å². The van der Waals surface area contributed by atoms with E-state index >= 15 is 0 Å². The van der Waals surface area contributed by atoms with Crippen LogP contribution in [0.4, 0.5) is 5.69 Å². The molecule has 0 fully saturated rings. The van der Waals surface area contributed by atoms with Gasteiger partial charge in [-0.25, -0.2) is 0 Å². The summed E-state index contributed by atoms with van der Waals surface area (Å²) in [6, 6.07) is 7.61. The number of nitrogens with one attached hydrogen (secondary N) is 2. The summed E-state index contributed by atoms with van der Waals surface area (Å²) in [6.07, 6.45) is 0.441. The molecule has 0 aromatic heterocycles. The zero-order valence-corrected chi connectivity index (χ0v) is 10.6. The van der Waals surface area contributed by atoms with Crippen molar-refractivity contribution in [2.45, 2.75) is 26.3 Å². The molecule has 1 unspecified atom stereocenters. The van der Waals surface area contributed by atoms with Gasteiger partial charge < -0.3 is 15.4 Å². The normalized spacial score (nSPS) is 11.9. The second kappa shape index (κ2) is 6.91. The molecule has 2 N–H and O–H groups in total. The molecule has 94 valence electrons. The van der Waals surface area contributed by atoms with E-state index in [-0.39, 0.29) is 11.9 Å². The van der Waals surface area contributed by atoms with Gasteiger partial charge in [-0.1, -0.05) is 12.1 Å². The van der Waals surface area contributed by atoms with E-state index in [0.29, 0.717) is 18.8 Å². The first-order chi connectivity index (χ1) is 8.17. The first kappa shape index (κ1) is 13.5. The highest BCUT2D eigenvalue weighted by molar-refractivity contribution is 5.92.